The van der Waals surface area contributed by atoms with Crippen LogP contribution in [0.15, 0.2) is 58.4 Å². The molecule has 3 aromatic rings. The number of halogens is 4. The van der Waals surface area contributed by atoms with Gasteiger partial charge in [-0.2, -0.15) is 13.2 Å². The van der Waals surface area contributed by atoms with Crippen LogP contribution >= 0.6 is 0 Å². The fraction of sp³-hybridized carbons (Fsp3) is 0.280. The smallest absolute Gasteiger partial charge is 0.389 e. The van der Waals surface area contributed by atoms with Crippen molar-refractivity contribution < 1.29 is 22.3 Å². The number of amidine groups is 1. The molecule has 0 unspecified atom stereocenters. The van der Waals surface area contributed by atoms with Gasteiger partial charge in [0.25, 0.3) is 5.56 Å². The van der Waals surface area contributed by atoms with E-state index >= 15 is 4.39 Å². The average molecular weight is 504 g/mol. The number of hydrogen-bond acceptors (Lipinski definition) is 6. The molecule has 190 valence electrons. The number of nitrogens with zero attached hydrogens (tertiary/aromatic N) is 1. The van der Waals surface area contributed by atoms with Gasteiger partial charge in [-0.25, -0.2) is 9.93 Å². The molecule has 0 saturated heterocycles. The molecule has 0 bridgehead atoms. The topological polar surface area (TPSA) is 90.5 Å². The third-order valence-corrected chi connectivity index (χ3v) is 5.64. The van der Waals surface area contributed by atoms with E-state index in [4.69, 9.17) is 4.74 Å². The van der Waals surface area contributed by atoms with Crippen molar-refractivity contribution >= 4 is 5.84 Å². The normalized spacial score (nSPS) is 13.2. The van der Waals surface area contributed by atoms with E-state index in [1.807, 2.05) is 31.2 Å². The molecule has 2 heterocycles. The van der Waals surface area contributed by atoms with Crippen molar-refractivity contribution in [3.05, 3.63) is 75.8 Å². The van der Waals surface area contributed by atoms with Crippen molar-refractivity contribution in [2.24, 2.45) is 5.10 Å². The van der Waals surface area contributed by atoms with Gasteiger partial charge < -0.3 is 9.72 Å². The average Bonchev–Trinajstić information content (AvgIpc) is 3.35. The summed E-state index contributed by atoms with van der Waals surface area (Å²) in [5.74, 6) is -0.0632. The summed E-state index contributed by atoms with van der Waals surface area (Å²) >= 11 is 0. The molecule has 36 heavy (non-hydrogen) atoms. The lowest BCUT2D eigenvalue weighted by molar-refractivity contribution is -0.135. The Morgan fingerprint density at radius 3 is 2.42 bits per heavy atom. The number of ether oxygens (including phenoxy) is 1. The van der Waals surface area contributed by atoms with E-state index in [1.165, 1.54) is 12.1 Å². The second kappa shape index (κ2) is 10.8. The highest BCUT2D eigenvalue weighted by molar-refractivity contribution is 6.04. The van der Waals surface area contributed by atoms with E-state index in [0.717, 1.165) is 11.1 Å². The van der Waals surface area contributed by atoms with Crippen molar-refractivity contribution in [3.8, 4) is 28.1 Å². The van der Waals surface area contributed by atoms with E-state index in [2.05, 4.69) is 26.6 Å². The predicted octanol–water partition coefficient (Wildman–Crippen LogP) is 4.93. The molecule has 0 spiro atoms. The minimum absolute atomic E-state index is 0.0287. The zero-order chi connectivity index (χ0) is 25.7. The van der Waals surface area contributed by atoms with Crippen LogP contribution in [0.1, 0.15) is 36.8 Å². The highest BCUT2D eigenvalue weighted by atomic mass is 19.4. The zero-order valence-electron chi connectivity index (χ0n) is 19.4. The summed E-state index contributed by atoms with van der Waals surface area (Å²) in [6.07, 6.45) is -4.17. The minimum atomic E-state index is -4.16. The number of pyridine rings is 1. The molecule has 1 aromatic heterocycles. The number of hydrazine groups is 2. The first-order valence-corrected chi connectivity index (χ1v) is 11.4. The molecule has 7 nitrogen and oxygen atoms in total. The molecule has 1 aliphatic heterocycles. The van der Waals surface area contributed by atoms with Crippen LogP contribution in [0.25, 0.3) is 22.4 Å². The molecular weight excluding hydrogens is 478 g/mol. The largest absolute Gasteiger partial charge is 0.493 e. The van der Waals surface area contributed by atoms with Crippen LogP contribution in [0, 0.1) is 12.7 Å². The first-order chi connectivity index (χ1) is 17.2. The Morgan fingerprint density at radius 1 is 0.972 bits per heavy atom. The highest BCUT2D eigenvalue weighted by Crippen LogP contribution is 2.30. The van der Waals surface area contributed by atoms with Gasteiger partial charge in [-0.05, 0) is 49.9 Å². The van der Waals surface area contributed by atoms with Crippen molar-refractivity contribution in [3.63, 3.8) is 0 Å². The number of hydrazone groups is 1. The number of aryl methyl sites for hydroxylation is 1. The van der Waals surface area contributed by atoms with Crippen molar-refractivity contribution in [2.75, 3.05) is 6.61 Å². The van der Waals surface area contributed by atoms with Gasteiger partial charge in [-0.15, -0.1) is 10.6 Å². The van der Waals surface area contributed by atoms with Crippen LogP contribution in [0.2, 0.25) is 0 Å². The monoisotopic (exact) mass is 503 g/mol. The van der Waals surface area contributed by atoms with Gasteiger partial charge in [0.15, 0.2) is 5.84 Å². The summed E-state index contributed by atoms with van der Waals surface area (Å²) in [6.45, 7) is 2.13. The number of aromatic nitrogens is 1. The second-order valence-electron chi connectivity index (χ2n) is 8.41. The van der Waals surface area contributed by atoms with Gasteiger partial charge in [-0.1, -0.05) is 29.8 Å². The summed E-state index contributed by atoms with van der Waals surface area (Å²) in [4.78, 5) is 15.8. The van der Waals surface area contributed by atoms with E-state index in [-0.39, 0.29) is 41.4 Å². The summed E-state index contributed by atoms with van der Waals surface area (Å²) in [7, 11) is 0. The molecule has 4 N–H and O–H groups in total. The lowest BCUT2D eigenvalue weighted by atomic mass is 9.97. The molecule has 0 fully saturated rings. The Bertz CT molecular complexity index is 1300. The van der Waals surface area contributed by atoms with Crippen LogP contribution in [0.3, 0.4) is 0 Å². The van der Waals surface area contributed by atoms with Crippen molar-refractivity contribution in [2.45, 2.75) is 38.8 Å². The lowest BCUT2D eigenvalue weighted by Crippen LogP contribution is -2.37. The number of aromatic amines is 1. The Kier molecular flexibility index (Phi) is 7.58. The highest BCUT2D eigenvalue weighted by Gasteiger charge is 2.25. The quantitative estimate of drug-likeness (QED) is 0.246. The number of nitrogens with one attached hydrogen (secondary N) is 4. The number of unbranched alkanes of at least 4 members (excludes halogenated alkanes) is 2. The van der Waals surface area contributed by atoms with E-state index < -0.39 is 24.0 Å². The van der Waals surface area contributed by atoms with Crippen LogP contribution in [-0.2, 0) is 0 Å². The lowest BCUT2D eigenvalue weighted by Gasteiger charge is -2.13. The minimum Gasteiger partial charge on any atom is -0.493 e. The first kappa shape index (κ1) is 25.2. The standard InChI is InChI=1S/C25H25F4N5O2/c1-15-5-7-16(8-6-15)19-14-21(30-24(35)22(19)23-31-33-34-32-23)18-10-9-17(13-20(18)26)36-12-4-2-3-11-25(27,28)29/h5-10,13-14,33-34H,2-4,11-12H2,1H3,(H,30,35)(H,31,32). The Hall–Kier alpha value is -3.86. The summed E-state index contributed by atoms with van der Waals surface area (Å²) < 4.78 is 57.1. The molecular formula is C25H25F4N5O2. The SMILES string of the molecule is Cc1ccc(-c2cc(-c3ccc(OCCCCCC(F)(F)F)cc3F)[nH]c(=O)c2C2=NNNN2)cc1. The molecule has 4 rings (SSSR count). The maximum Gasteiger partial charge on any atom is 0.389 e. The van der Waals surface area contributed by atoms with Gasteiger partial charge in [0.2, 0.25) is 0 Å². The first-order valence-electron chi connectivity index (χ1n) is 11.4. The van der Waals surface area contributed by atoms with Crippen LogP contribution in [-0.4, -0.2) is 23.6 Å². The van der Waals surface area contributed by atoms with Gasteiger partial charge in [0, 0.05) is 23.6 Å². The maximum atomic E-state index is 15.0. The molecule has 0 radical (unpaired) electrons. The van der Waals surface area contributed by atoms with Crippen molar-refractivity contribution in [1.82, 2.24) is 21.5 Å². The third-order valence-electron chi connectivity index (χ3n) is 5.64. The van der Waals surface area contributed by atoms with E-state index in [0.29, 0.717) is 18.4 Å². The molecule has 2 aromatic carbocycles. The Balaban J connectivity index is 1.55. The summed E-state index contributed by atoms with van der Waals surface area (Å²) in [5.41, 5.74) is 10.5. The number of benzene rings is 2. The fourth-order valence-corrected chi connectivity index (χ4v) is 3.82. The molecule has 0 aliphatic carbocycles. The van der Waals surface area contributed by atoms with Crippen LogP contribution < -0.4 is 26.8 Å². The number of alkyl halides is 3. The number of H-pyrrole nitrogens is 1. The van der Waals surface area contributed by atoms with Crippen LogP contribution in [0.4, 0.5) is 17.6 Å². The molecule has 0 atom stereocenters. The third kappa shape index (κ3) is 6.22. The van der Waals surface area contributed by atoms with E-state index in [9.17, 15) is 18.0 Å². The second-order valence-corrected chi connectivity index (χ2v) is 8.41. The molecule has 1 aliphatic rings. The summed E-state index contributed by atoms with van der Waals surface area (Å²) in [6, 6.07) is 13.5. The van der Waals surface area contributed by atoms with Gasteiger partial charge in [0.05, 0.1) is 17.9 Å². The number of rotatable bonds is 9. The number of hydrogen-bond donors (Lipinski definition) is 4. The van der Waals surface area contributed by atoms with E-state index in [1.54, 1.807) is 12.1 Å². The van der Waals surface area contributed by atoms with Gasteiger partial charge in [-0.3, -0.25) is 10.2 Å². The fourth-order valence-electron chi connectivity index (χ4n) is 3.82. The molecule has 11 heteroatoms. The molecule has 0 saturated carbocycles. The molecule has 0 amide bonds. The van der Waals surface area contributed by atoms with Crippen LogP contribution in [0.5, 0.6) is 5.75 Å². The predicted molar refractivity (Wildman–Crippen MR) is 129 cm³/mol. The Morgan fingerprint density at radius 2 is 1.75 bits per heavy atom. The van der Waals surface area contributed by atoms with Gasteiger partial charge in [0.1, 0.15) is 11.6 Å². The van der Waals surface area contributed by atoms with Gasteiger partial charge >= 0.3 is 6.18 Å². The van der Waals surface area contributed by atoms with Crippen molar-refractivity contribution in [1.29, 1.82) is 0 Å². The zero-order valence-corrected chi connectivity index (χ0v) is 19.4. The maximum absolute atomic E-state index is 15.0. The summed E-state index contributed by atoms with van der Waals surface area (Å²) in [5, 5.41) is 4.04. The Labute approximate surface area is 204 Å².